The smallest absolute Gasteiger partial charge is 0.288 e. The summed E-state index contributed by atoms with van der Waals surface area (Å²) >= 11 is 6.41. The van der Waals surface area contributed by atoms with Crippen LogP contribution in [-0.4, -0.2) is 56.9 Å². The van der Waals surface area contributed by atoms with Crippen molar-refractivity contribution in [1.82, 2.24) is 30.2 Å². The molecule has 0 unspecified atom stereocenters. The lowest BCUT2D eigenvalue weighted by molar-refractivity contribution is 0.0957. The molecule has 3 N–H and O–H groups in total. The van der Waals surface area contributed by atoms with E-state index in [2.05, 4.69) is 36.2 Å². The van der Waals surface area contributed by atoms with Gasteiger partial charge >= 0.3 is 0 Å². The summed E-state index contributed by atoms with van der Waals surface area (Å²) in [5, 5.41) is 7.86. The van der Waals surface area contributed by atoms with Gasteiger partial charge in [-0.15, -0.1) is 0 Å². The van der Waals surface area contributed by atoms with Crippen LogP contribution in [0.15, 0.2) is 61.2 Å². The molecule has 1 amide bonds. The minimum Gasteiger partial charge on any atom is -0.378 e. The third-order valence-electron chi connectivity index (χ3n) is 5.32. The molecule has 0 saturated carbocycles. The van der Waals surface area contributed by atoms with Gasteiger partial charge in [0.15, 0.2) is 11.6 Å². The van der Waals surface area contributed by atoms with Gasteiger partial charge < -0.3 is 15.0 Å². The highest BCUT2D eigenvalue weighted by atomic mass is 35.5. The Hall–Kier alpha value is -4.29. The van der Waals surface area contributed by atoms with E-state index in [1.165, 1.54) is 6.20 Å². The summed E-state index contributed by atoms with van der Waals surface area (Å²) in [6.45, 7) is 2.01. The van der Waals surface area contributed by atoms with Crippen molar-refractivity contribution in [3.05, 3.63) is 77.7 Å². The monoisotopic (exact) mass is 509 g/mol. The molecule has 11 nitrogen and oxygen atoms in total. The van der Waals surface area contributed by atoms with Crippen molar-refractivity contribution in [2.24, 2.45) is 0 Å². The minimum atomic E-state index is -0.547. The number of hydrazine groups is 1. The summed E-state index contributed by atoms with van der Waals surface area (Å²) < 4.78 is 21.2. The van der Waals surface area contributed by atoms with E-state index in [1.807, 2.05) is 24.4 Å². The van der Waals surface area contributed by atoms with Gasteiger partial charge in [-0.3, -0.25) is 15.6 Å². The Morgan fingerprint density at radius 1 is 1.11 bits per heavy atom. The van der Waals surface area contributed by atoms with Gasteiger partial charge in [0.05, 0.1) is 47.7 Å². The summed E-state index contributed by atoms with van der Waals surface area (Å²) in [4.78, 5) is 26.5. The Balaban J connectivity index is 1.19. The standard InChI is InChI=1S/C23H21ClFN9O2/c24-17-12-16(34-7-1-6-28-34)3-5-19(17)29-15-2-4-20(26-13-15)22(35)31-32-23-27-14-18(25)21(30-23)33-8-10-36-11-9-33/h1-7,12-14,29H,8-11H2,(H,31,35)(H,27,30,32). The van der Waals surface area contributed by atoms with Crippen LogP contribution in [-0.2, 0) is 4.74 Å². The molecule has 184 valence electrons. The number of benzene rings is 1. The van der Waals surface area contributed by atoms with E-state index in [4.69, 9.17) is 16.3 Å². The first-order chi connectivity index (χ1) is 17.6. The number of amides is 1. The number of hydrogen-bond donors (Lipinski definition) is 3. The van der Waals surface area contributed by atoms with Gasteiger partial charge in [0.1, 0.15) is 5.69 Å². The molecule has 1 saturated heterocycles. The molecule has 0 aliphatic carbocycles. The molecule has 1 fully saturated rings. The predicted molar refractivity (Wildman–Crippen MR) is 132 cm³/mol. The van der Waals surface area contributed by atoms with Crippen LogP contribution in [0.25, 0.3) is 5.69 Å². The van der Waals surface area contributed by atoms with E-state index in [-0.39, 0.29) is 17.5 Å². The molecule has 0 radical (unpaired) electrons. The second kappa shape index (κ2) is 10.5. The average Bonchev–Trinajstić information content (AvgIpc) is 3.45. The van der Waals surface area contributed by atoms with Crippen LogP contribution in [0.1, 0.15) is 10.5 Å². The summed E-state index contributed by atoms with van der Waals surface area (Å²) in [5.41, 5.74) is 7.38. The number of carbonyl (C=O) groups is 1. The SMILES string of the molecule is O=C(NNc1ncc(F)c(N2CCOCC2)n1)c1ccc(Nc2ccc(-n3cccn3)cc2Cl)cn1. The third kappa shape index (κ3) is 5.34. The first kappa shape index (κ1) is 23.5. The second-order valence-corrected chi connectivity index (χ2v) is 8.12. The van der Waals surface area contributed by atoms with E-state index in [9.17, 15) is 9.18 Å². The van der Waals surface area contributed by atoms with Gasteiger partial charge in [0.2, 0.25) is 5.95 Å². The number of morpholine rings is 1. The highest BCUT2D eigenvalue weighted by Crippen LogP contribution is 2.27. The number of pyridine rings is 1. The Morgan fingerprint density at radius 3 is 2.69 bits per heavy atom. The predicted octanol–water partition coefficient (Wildman–Crippen LogP) is 3.19. The van der Waals surface area contributed by atoms with Crippen molar-refractivity contribution in [1.29, 1.82) is 0 Å². The number of aromatic nitrogens is 5. The number of carbonyl (C=O) groups excluding carboxylic acids is 1. The highest BCUT2D eigenvalue weighted by molar-refractivity contribution is 6.33. The molecule has 4 heterocycles. The zero-order valence-electron chi connectivity index (χ0n) is 18.9. The largest absolute Gasteiger partial charge is 0.378 e. The van der Waals surface area contributed by atoms with Crippen molar-refractivity contribution in [3.63, 3.8) is 0 Å². The molecule has 1 aliphatic heterocycles. The fraction of sp³-hybridized carbons (Fsp3) is 0.174. The summed E-state index contributed by atoms with van der Waals surface area (Å²) in [6.07, 6.45) is 6.08. The van der Waals surface area contributed by atoms with E-state index in [0.29, 0.717) is 42.7 Å². The molecule has 1 aromatic carbocycles. The number of hydrogen-bond acceptors (Lipinski definition) is 9. The van der Waals surface area contributed by atoms with Crippen LogP contribution >= 0.6 is 11.6 Å². The fourth-order valence-corrected chi connectivity index (χ4v) is 3.74. The summed E-state index contributed by atoms with van der Waals surface area (Å²) in [6, 6.07) is 10.6. The Bertz CT molecular complexity index is 1350. The number of nitrogens with zero attached hydrogens (tertiary/aromatic N) is 6. The van der Waals surface area contributed by atoms with Crippen LogP contribution in [0.4, 0.5) is 27.5 Å². The van der Waals surface area contributed by atoms with Gasteiger partial charge in [-0.2, -0.15) is 10.1 Å². The van der Waals surface area contributed by atoms with Crippen molar-refractivity contribution in [2.75, 3.05) is 41.9 Å². The molecule has 0 bridgehead atoms. The molecule has 1 aliphatic rings. The second-order valence-electron chi connectivity index (χ2n) is 7.72. The first-order valence-electron chi connectivity index (χ1n) is 11.0. The molecule has 5 rings (SSSR count). The lowest BCUT2D eigenvalue weighted by atomic mass is 10.2. The fourth-order valence-electron chi connectivity index (χ4n) is 3.52. The van der Waals surface area contributed by atoms with Gasteiger partial charge in [-0.05, 0) is 36.4 Å². The van der Waals surface area contributed by atoms with E-state index in [0.717, 1.165) is 11.9 Å². The zero-order valence-corrected chi connectivity index (χ0v) is 19.6. The molecule has 4 aromatic rings. The maximum absolute atomic E-state index is 14.2. The van der Waals surface area contributed by atoms with Crippen LogP contribution in [0.2, 0.25) is 5.02 Å². The topological polar surface area (TPSA) is 122 Å². The normalized spacial score (nSPS) is 13.3. The van der Waals surface area contributed by atoms with Crippen molar-refractivity contribution in [2.45, 2.75) is 0 Å². The van der Waals surface area contributed by atoms with E-state index < -0.39 is 11.7 Å². The molecular weight excluding hydrogens is 489 g/mol. The van der Waals surface area contributed by atoms with Gasteiger partial charge in [0, 0.05) is 25.5 Å². The van der Waals surface area contributed by atoms with E-state index >= 15 is 0 Å². The number of halogens is 2. The van der Waals surface area contributed by atoms with Crippen LogP contribution in [0.5, 0.6) is 0 Å². The quantitative estimate of drug-likeness (QED) is 0.322. The maximum Gasteiger partial charge on any atom is 0.288 e. The Labute approximate surface area is 210 Å². The van der Waals surface area contributed by atoms with E-state index in [1.54, 1.807) is 34.0 Å². The summed E-state index contributed by atoms with van der Waals surface area (Å²) in [5.74, 6) is -0.855. The lowest BCUT2D eigenvalue weighted by Gasteiger charge is -2.28. The number of ether oxygens (including phenoxy) is 1. The molecule has 13 heteroatoms. The van der Waals surface area contributed by atoms with Crippen molar-refractivity contribution < 1.29 is 13.9 Å². The molecule has 36 heavy (non-hydrogen) atoms. The minimum absolute atomic E-state index is 0.0535. The van der Waals surface area contributed by atoms with Crippen molar-refractivity contribution in [3.8, 4) is 5.69 Å². The molecule has 3 aromatic heterocycles. The van der Waals surface area contributed by atoms with Gasteiger partial charge in [-0.1, -0.05) is 11.6 Å². The number of anilines is 4. The first-order valence-corrected chi connectivity index (χ1v) is 11.4. The Morgan fingerprint density at radius 2 is 1.97 bits per heavy atom. The number of rotatable bonds is 7. The third-order valence-corrected chi connectivity index (χ3v) is 5.63. The van der Waals surface area contributed by atoms with Gasteiger partial charge in [-0.25, -0.2) is 19.0 Å². The lowest BCUT2D eigenvalue weighted by Crippen LogP contribution is -2.38. The van der Waals surface area contributed by atoms with Crippen molar-refractivity contribution >= 4 is 40.6 Å². The van der Waals surface area contributed by atoms with Crippen LogP contribution in [0, 0.1) is 5.82 Å². The average molecular weight is 510 g/mol. The van der Waals surface area contributed by atoms with Crippen LogP contribution in [0.3, 0.4) is 0 Å². The molecule has 0 atom stereocenters. The molecule has 0 spiro atoms. The van der Waals surface area contributed by atoms with Crippen LogP contribution < -0.4 is 21.1 Å². The Kier molecular flexibility index (Phi) is 6.87. The molecular formula is C23H21ClFN9O2. The van der Waals surface area contributed by atoms with Gasteiger partial charge in [0.25, 0.3) is 5.91 Å². The number of nitrogens with one attached hydrogen (secondary N) is 3. The summed E-state index contributed by atoms with van der Waals surface area (Å²) in [7, 11) is 0. The maximum atomic E-state index is 14.2. The zero-order chi connectivity index (χ0) is 24.9. The highest BCUT2D eigenvalue weighted by Gasteiger charge is 2.18.